The van der Waals surface area contributed by atoms with Crippen molar-refractivity contribution in [3.63, 3.8) is 0 Å². The van der Waals surface area contributed by atoms with Crippen LogP contribution in [0.1, 0.15) is 88.1 Å². The second-order valence-electron chi connectivity index (χ2n) is 14.6. The number of hydrogen-bond donors (Lipinski definition) is 2. The van der Waals surface area contributed by atoms with Crippen LogP contribution in [0.3, 0.4) is 0 Å². The minimum Gasteiger partial charge on any atom is -0.507 e. The fourth-order valence-corrected chi connectivity index (χ4v) is 7.69. The van der Waals surface area contributed by atoms with Crippen molar-refractivity contribution in [3.8, 4) is 33.8 Å². The standard InChI is InChI=1S/C37H48N2O3S2/c1-21-13-27(23-15-25(19-38(9)10)31(40)29(17-23)36(3,4)5)34(43-21)33(42)35-28(14-22(2)44-35)24-16-26(20-39(11)12)32(41)30(18-24)37(6,7)8/h13-18,40-41H,19-20H2,1-12H3. The summed E-state index contributed by atoms with van der Waals surface area (Å²) in [6.45, 7) is 17.9. The zero-order valence-electron chi connectivity index (χ0n) is 28.4. The van der Waals surface area contributed by atoms with Crippen molar-refractivity contribution in [1.29, 1.82) is 0 Å². The molecule has 236 valence electrons. The average molecular weight is 633 g/mol. The number of nitrogens with zero attached hydrogens (tertiary/aromatic N) is 2. The van der Waals surface area contributed by atoms with Gasteiger partial charge in [-0.1, -0.05) is 41.5 Å². The van der Waals surface area contributed by atoms with Gasteiger partial charge in [-0.05, 0) is 100 Å². The number of hydrogen-bond acceptors (Lipinski definition) is 7. The third-order valence-electron chi connectivity index (χ3n) is 7.71. The summed E-state index contributed by atoms with van der Waals surface area (Å²) in [7, 11) is 7.97. The molecule has 4 aromatic rings. The van der Waals surface area contributed by atoms with Crippen molar-refractivity contribution < 1.29 is 15.0 Å². The Kier molecular flexibility index (Phi) is 9.58. The maximum Gasteiger partial charge on any atom is 0.214 e. The van der Waals surface area contributed by atoms with Crippen LogP contribution >= 0.6 is 22.7 Å². The first kappa shape index (κ1) is 33.9. The van der Waals surface area contributed by atoms with Crippen molar-refractivity contribution in [2.45, 2.75) is 79.3 Å². The topological polar surface area (TPSA) is 64.0 Å². The molecule has 0 atom stereocenters. The highest BCUT2D eigenvalue weighted by atomic mass is 32.1. The van der Waals surface area contributed by atoms with Crippen LogP contribution in [-0.4, -0.2) is 54.0 Å². The Hall–Kier alpha value is -2.97. The lowest BCUT2D eigenvalue weighted by molar-refractivity contribution is 0.104. The van der Waals surface area contributed by atoms with Gasteiger partial charge in [-0.25, -0.2) is 0 Å². The third kappa shape index (κ3) is 7.12. The van der Waals surface area contributed by atoms with Gasteiger partial charge in [-0.3, -0.25) is 4.79 Å². The number of carbonyl (C=O) groups is 1. The van der Waals surface area contributed by atoms with Gasteiger partial charge in [0.1, 0.15) is 11.5 Å². The first-order valence-corrected chi connectivity index (χ1v) is 16.7. The maximum atomic E-state index is 14.6. The van der Waals surface area contributed by atoms with Gasteiger partial charge in [0, 0.05) is 56.2 Å². The Bertz CT molecular complexity index is 1570. The number of thiophene rings is 2. The van der Waals surface area contributed by atoms with Crippen LogP contribution in [0.25, 0.3) is 22.3 Å². The summed E-state index contributed by atoms with van der Waals surface area (Å²) in [6, 6.07) is 12.4. The van der Waals surface area contributed by atoms with Crippen molar-refractivity contribution in [2.24, 2.45) is 0 Å². The van der Waals surface area contributed by atoms with E-state index in [1.54, 1.807) is 0 Å². The first-order chi connectivity index (χ1) is 20.3. The molecule has 0 aliphatic carbocycles. The highest BCUT2D eigenvalue weighted by Crippen LogP contribution is 2.44. The van der Waals surface area contributed by atoms with Gasteiger partial charge in [0.2, 0.25) is 5.78 Å². The molecule has 0 aliphatic rings. The predicted octanol–water partition coefficient (Wildman–Crippen LogP) is 9.12. The van der Waals surface area contributed by atoms with E-state index in [9.17, 15) is 15.0 Å². The van der Waals surface area contributed by atoms with Gasteiger partial charge < -0.3 is 20.0 Å². The molecule has 2 aromatic heterocycles. The number of phenols is 2. The molecule has 44 heavy (non-hydrogen) atoms. The van der Waals surface area contributed by atoms with Crippen molar-refractivity contribution >= 4 is 28.5 Å². The predicted molar refractivity (Wildman–Crippen MR) is 188 cm³/mol. The summed E-state index contributed by atoms with van der Waals surface area (Å²) < 4.78 is 0. The Morgan fingerprint density at radius 3 is 1.27 bits per heavy atom. The average Bonchev–Trinajstić information content (AvgIpc) is 3.46. The molecule has 4 rings (SSSR count). The molecule has 0 saturated heterocycles. The van der Waals surface area contributed by atoms with Crippen LogP contribution in [0, 0.1) is 13.8 Å². The summed E-state index contributed by atoms with van der Waals surface area (Å²) >= 11 is 3.04. The fourth-order valence-electron chi connectivity index (χ4n) is 5.66. The highest BCUT2D eigenvalue weighted by Gasteiger charge is 2.28. The van der Waals surface area contributed by atoms with Gasteiger partial charge in [0.15, 0.2) is 0 Å². The highest BCUT2D eigenvalue weighted by molar-refractivity contribution is 7.18. The van der Waals surface area contributed by atoms with E-state index in [1.807, 2.05) is 64.0 Å². The number of carbonyl (C=O) groups excluding carboxylic acids is 1. The Morgan fingerprint density at radius 1 is 0.636 bits per heavy atom. The largest absolute Gasteiger partial charge is 0.507 e. The molecule has 0 unspecified atom stereocenters. The third-order valence-corrected chi connectivity index (χ3v) is 9.81. The normalized spacial score (nSPS) is 12.5. The summed E-state index contributed by atoms with van der Waals surface area (Å²) in [5, 5.41) is 22.5. The molecule has 2 heterocycles. The van der Waals surface area contributed by atoms with E-state index in [0.29, 0.717) is 34.3 Å². The molecule has 0 radical (unpaired) electrons. The molecule has 0 saturated carbocycles. The minimum atomic E-state index is -0.275. The number of phenolic OH excluding ortho intramolecular Hbond substituents is 2. The van der Waals surface area contributed by atoms with Gasteiger partial charge >= 0.3 is 0 Å². The molecule has 0 spiro atoms. The van der Waals surface area contributed by atoms with E-state index >= 15 is 0 Å². The lowest BCUT2D eigenvalue weighted by atomic mass is 9.82. The van der Waals surface area contributed by atoms with Crippen LogP contribution < -0.4 is 0 Å². The minimum absolute atomic E-state index is 0.00489. The van der Waals surface area contributed by atoms with Crippen LogP contribution in [0.4, 0.5) is 0 Å². The summed E-state index contributed by atoms with van der Waals surface area (Å²) in [5.74, 6) is 0.646. The smallest absolute Gasteiger partial charge is 0.214 e. The quantitative estimate of drug-likeness (QED) is 0.190. The molecule has 2 aromatic carbocycles. The number of ketones is 1. The molecule has 7 heteroatoms. The summed E-state index contributed by atoms with van der Waals surface area (Å²) in [6.07, 6.45) is 0. The first-order valence-electron chi connectivity index (χ1n) is 15.1. The molecule has 2 N–H and O–H groups in total. The van der Waals surface area contributed by atoms with Gasteiger partial charge in [0.05, 0.1) is 9.75 Å². The fraction of sp³-hybridized carbons (Fsp3) is 0.432. The van der Waals surface area contributed by atoms with Crippen molar-refractivity contribution in [3.05, 3.63) is 78.2 Å². The second kappa shape index (κ2) is 12.4. The lowest BCUT2D eigenvalue weighted by Crippen LogP contribution is -2.16. The van der Waals surface area contributed by atoms with Crippen LogP contribution in [0.5, 0.6) is 11.5 Å². The Morgan fingerprint density at radius 2 is 0.977 bits per heavy atom. The van der Waals surface area contributed by atoms with Gasteiger partial charge in [-0.2, -0.15) is 0 Å². The Balaban J connectivity index is 1.92. The lowest BCUT2D eigenvalue weighted by Gasteiger charge is -2.25. The number of aryl methyl sites for hydroxylation is 2. The van der Waals surface area contributed by atoms with E-state index in [4.69, 9.17) is 0 Å². The Labute approximate surface area is 271 Å². The van der Waals surface area contributed by atoms with E-state index in [0.717, 1.165) is 54.3 Å². The molecular formula is C37H48N2O3S2. The van der Waals surface area contributed by atoms with E-state index in [1.165, 1.54) is 22.7 Å². The molecular weight excluding hydrogens is 585 g/mol. The second-order valence-corrected chi connectivity index (χ2v) is 17.1. The maximum absolute atomic E-state index is 14.6. The SMILES string of the molecule is Cc1cc(-c2cc(CN(C)C)c(O)c(C(C)(C)C)c2)c(C(=O)c2sc(C)cc2-c2cc(CN(C)C)c(O)c(C(C)(C)C)c2)s1. The van der Waals surface area contributed by atoms with Crippen LogP contribution in [-0.2, 0) is 23.9 Å². The number of benzene rings is 2. The summed E-state index contributed by atoms with van der Waals surface area (Å²) in [5.41, 5.74) is 6.57. The number of rotatable bonds is 8. The monoisotopic (exact) mass is 632 g/mol. The zero-order valence-corrected chi connectivity index (χ0v) is 30.0. The molecule has 0 aliphatic heterocycles. The van der Waals surface area contributed by atoms with Crippen LogP contribution in [0.2, 0.25) is 0 Å². The molecule has 0 bridgehead atoms. The van der Waals surface area contributed by atoms with E-state index < -0.39 is 0 Å². The van der Waals surface area contributed by atoms with Crippen LogP contribution in [0.15, 0.2) is 36.4 Å². The molecule has 5 nitrogen and oxygen atoms in total. The van der Waals surface area contributed by atoms with Gasteiger partial charge in [0.25, 0.3) is 0 Å². The molecule has 0 amide bonds. The summed E-state index contributed by atoms with van der Waals surface area (Å²) in [4.78, 5) is 22.2. The van der Waals surface area contributed by atoms with Crippen molar-refractivity contribution in [1.82, 2.24) is 9.80 Å². The van der Waals surface area contributed by atoms with E-state index in [2.05, 4.69) is 65.8 Å². The van der Waals surface area contributed by atoms with E-state index in [-0.39, 0.29) is 16.6 Å². The van der Waals surface area contributed by atoms with Crippen molar-refractivity contribution in [2.75, 3.05) is 28.2 Å². The zero-order chi connectivity index (χ0) is 32.9. The molecule has 0 fully saturated rings. The number of aromatic hydroxyl groups is 2. The van der Waals surface area contributed by atoms with Gasteiger partial charge in [-0.15, -0.1) is 22.7 Å².